The van der Waals surface area contributed by atoms with Crippen LogP contribution in [0.3, 0.4) is 0 Å². The lowest BCUT2D eigenvalue weighted by Gasteiger charge is -2.26. The zero-order valence-electron chi connectivity index (χ0n) is 10.8. The van der Waals surface area contributed by atoms with Crippen molar-refractivity contribution in [2.24, 2.45) is 5.73 Å². The molecule has 0 aliphatic heterocycles. The highest BCUT2D eigenvalue weighted by atomic mass is 19.2. The van der Waals surface area contributed by atoms with E-state index in [1.54, 1.807) is 32.2 Å². The maximum Gasteiger partial charge on any atom is 0.159 e. The Hall–Kier alpha value is -1.94. The fraction of sp³-hybridized carbons (Fsp3) is 0.200. The summed E-state index contributed by atoms with van der Waals surface area (Å²) in [5, 5.41) is 0. The van der Waals surface area contributed by atoms with Gasteiger partial charge in [-0.05, 0) is 42.3 Å². The van der Waals surface area contributed by atoms with Crippen LogP contribution in [0.2, 0.25) is 0 Å². The predicted molar refractivity (Wildman–Crippen MR) is 70.0 cm³/mol. The minimum absolute atomic E-state index is 0.500. The van der Waals surface area contributed by atoms with Crippen LogP contribution in [-0.2, 0) is 5.54 Å². The van der Waals surface area contributed by atoms with E-state index in [1.165, 1.54) is 6.07 Å². The summed E-state index contributed by atoms with van der Waals surface area (Å²) in [6.45, 7) is 1.74. The molecule has 0 spiro atoms. The zero-order chi connectivity index (χ0) is 14.0. The van der Waals surface area contributed by atoms with E-state index in [-0.39, 0.29) is 0 Å². The van der Waals surface area contributed by atoms with E-state index in [1.807, 2.05) is 6.07 Å². The molecular formula is C15H15F2NO. The summed E-state index contributed by atoms with van der Waals surface area (Å²) in [5.74, 6) is -1.13. The van der Waals surface area contributed by atoms with Crippen LogP contribution in [0, 0.1) is 11.6 Å². The highest BCUT2D eigenvalue weighted by Crippen LogP contribution is 2.29. The normalized spacial score (nSPS) is 13.9. The first-order valence-corrected chi connectivity index (χ1v) is 5.84. The summed E-state index contributed by atoms with van der Waals surface area (Å²) >= 11 is 0. The van der Waals surface area contributed by atoms with Gasteiger partial charge in [-0.3, -0.25) is 0 Å². The Balaban J connectivity index is 2.47. The third kappa shape index (κ3) is 2.58. The molecule has 19 heavy (non-hydrogen) atoms. The van der Waals surface area contributed by atoms with Crippen LogP contribution in [0.4, 0.5) is 8.78 Å². The molecule has 0 heterocycles. The topological polar surface area (TPSA) is 35.2 Å². The van der Waals surface area contributed by atoms with E-state index >= 15 is 0 Å². The first-order valence-electron chi connectivity index (χ1n) is 5.84. The molecule has 0 saturated carbocycles. The fourth-order valence-electron chi connectivity index (χ4n) is 1.93. The van der Waals surface area contributed by atoms with Gasteiger partial charge in [0.2, 0.25) is 0 Å². The van der Waals surface area contributed by atoms with E-state index < -0.39 is 17.2 Å². The van der Waals surface area contributed by atoms with Gasteiger partial charge in [-0.15, -0.1) is 0 Å². The Morgan fingerprint density at radius 2 is 1.68 bits per heavy atom. The second-order valence-electron chi connectivity index (χ2n) is 4.56. The Morgan fingerprint density at radius 1 is 1.00 bits per heavy atom. The van der Waals surface area contributed by atoms with Crippen LogP contribution in [0.15, 0.2) is 42.5 Å². The van der Waals surface area contributed by atoms with Gasteiger partial charge in [-0.1, -0.05) is 18.2 Å². The third-order valence-corrected chi connectivity index (χ3v) is 3.19. The van der Waals surface area contributed by atoms with Crippen molar-refractivity contribution in [2.45, 2.75) is 12.5 Å². The SMILES string of the molecule is COc1cccc(C(C)(N)c2ccc(F)c(F)c2)c1. The average molecular weight is 263 g/mol. The van der Waals surface area contributed by atoms with Gasteiger partial charge < -0.3 is 10.5 Å². The lowest BCUT2D eigenvalue weighted by atomic mass is 9.85. The number of hydrogen-bond acceptors (Lipinski definition) is 2. The molecule has 2 aromatic carbocycles. The molecular weight excluding hydrogens is 248 g/mol. The van der Waals surface area contributed by atoms with Crippen molar-refractivity contribution in [3.05, 3.63) is 65.2 Å². The van der Waals surface area contributed by atoms with Crippen molar-refractivity contribution >= 4 is 0 Å². The zero-order valence-corrected chi connectivity index (χ0v) is 10.8. The van der Waals surface area contributed by atoms with Gasteiger partial charge in [0.05, 0.1) is 12.6 Å². The van der Waals surface area contributed by atoms with Gasteiger partial charge in [-0.25, -0.2) is 8.78 Å². The molecule has 0 saturated heterocycles. The maximum atomic E-state index is 13.3. The summed E-state index contributed by atoms with van der Waals surface area (Å²) in [7, 11) is 1.56. The quantitative estimate of drug-likeness (QED) is 0.923. The van der Waals surface area contributed by atoms with Gasteiger partial charge in [0, 0.05) is 0 Å². The number of methoxy groups -OCH3 is 1. The van der Waals surface area contributed by atoms with Crippen molar-refractivity contribution in [1.29, 1.82) is 0 Å². The average Bonchev–Trinajstić information content (AvgIpc) is 2.41. The molecule has 100 valence electrons. The molecule has 4 heteroatoms. The van der Waals surface area contributed by atoms with E-state index in [9.17, 15) is 8.78 Å². The van der Waals surface area contributed by atoms with Crippen molar-refractivity contribution in [2.75, 3.05) is 7.11 Å². The number of nitrogens with two attached hydrogens (primary N) is 1. The lowest BCUT2D eigenvalue weighted by Crippen LogP contribution is -2.34. The monoisotopic (exact) mass is 263 g/mol. The van der Waals surface area contributed by atoms with Gasteiger partial charge in [-0.2, -0.15) is 0 Å². The highest BCUT2D eigenvalue weighted by molar-refractivity contribution is 5.40. The first kappa shape index (κ1) is 13.5. The summed E-state index contributed by atoms with van der Waals surface area (Å²) in [5.41, 5.74) is 6.59. The minimum atomic E-state index is -0.928. The van der Waals surface area contributed by atoms with Crippen molar-refractivity contribution < 1.29 is 13.5 Å². The number of rotatable bonds is 3. The van der Waals surface area contributed by atoms with Crippen molar-refractivity contribution in [1.82, 2.24) is 0 Å². The molecule has 1 atom stereocenters. The van der Waals surface area contributed by atoms with Gasteiger partial charge in [0.1, 0.15) is 5.75 Å². The number of ether oxygens (including phenoxy) is 1. The molecule has 0 aromatic heterocycles. The van der Waals surface area contributed by atoms with Crippen LogP contribution in [0.25, 0.3) is 0 Å². The van der Waals surface area contributed by atoms with E-state index in [4.69, 9.17) is 10.5 Å². The maximum absolute atomic E-state index is 13.3. The number of hydrogen-bond donors (Lipinski definition) is 1. The first-order chi connectivity index (χ1) is 8.95. The smallest absolute Gasteiger partial charge is 0.159 e. The van der Waals surface area contributed by atoms with Crippen LogP contribution < -0.4 is 10.5 Å². The van der Waals surface area contributed by atoms with Crippen LogP contribution in [-0.4, -0.2) is 7.11 Å². The summed E-state index contributed by atoms with van der Waals surface area (Å²) in [6, 6.07) is 10.9. The van der Waals surface area contributed by atoms with Gasteiger partial charge >= 0.3 is 0 Å². The second kappa shape index (κ2) is 4.97. The number of halogens is 2. The van der Waals surface area contributed by atoms with Gasteiger partial charge in [0.25, 0.3) is 0 Å². The minimum Gasteiger partial charge on any atom is -0.497 e. The van der Waals surface area contributed by atoms with E-state index in [2.05, 4.69) is 0 Å². The largest absolute Gasteiger partial charge is 0.497 e. The Labute approximate surface area is 110 Å². The molecule has 1 unspecified atom stereocenters. The third-order valence-electron chi connectivity index (χ3n) is 3.19. The number of benzene rings is 2. The second-order valence-corrected chi connectivity index (χ2v) is 4.56. The van der Waals surface area contributed by atoms with Crippen molar-refractivity contribution in [3.63, 3.8) is 0 Å². The molecule has 0 amide bonds. The van der Waals surface area contributed by atoms with Gasteiger partial charge in [0.15, 0.2) is 11.6 Å². The van der Waals surface area contributed by atoms with E-state index in [0.29, 0.717) is 11.3 Å². The molecule has 0 bridgehead atoms. The molecule has 2 nitrogen and oxygen atoms in total. The van der Waals surface area contributed by atoms with E-state index in [0.717, 1.165) is 17.7 Å². The molecule has 2 rings (SSSR count). The molecule has 2 N–H and O–H groups in total. The molecule has 0 radical (unpaired) electrons. The Bertz CT molecular complexity index is 596. The molecule has 2 aromatic rings. The Morgan fingerprint density at radius 3 is 2.32 bits per heavy atom. The lowest BCUT2D eigenvalue weighted by molar-refractivity contribution is 0.413. The Kier molecular flexibility index (Phi) is 3.53. The van der Waals surface area contributed by atoms with Crippen LogP contribution in [0.1, 0.15) is 18.1 Å². The standard InChI is InChI=1S/C15H15F2NO/c1-15(18,10-4-3-5-12(8-10)19-2)11-6-7-13(16)14(17)9-11/h3-9H,18H2,1-2H3. The highest BCUT2D eigenvalue weighted by Gasteiger charge is 2.25. The van der Waals surface area contributed by atoms with Crippen LogP contribution in [0.5, 0.6) is 5.75 Å². The summed E-state index contributed by atoms with van der Waals surface area (Å²) < 4.78 is 31.4. The summed E-state index contributed by atoms with van der Waals surface area (Å²) in [4.78, 5) is 0. The molecule has 0 aliphatic carbocycles. The molecule has 0 fully saturated rings. The molecule has 0 aliphatic rings. The fourth-order valence-corrected chi connectivity index (χ4v) is 1.93. The summed E-state index contributed by atoms with van der Waals surface area (Å²) in [6.07, 6.45) is 0. The van der Waals surface area contributed by atoms with Crippen molar-refractivity contribution in [3.8, 4) is 5.75 Å². The van der Waals surface area contributed by atoms with Crippen LogP contribution >= 0.6 is 0 Å². The predicted octanol–water partition coefficient (Wildman–Crippen LogP) is 3.20.